The molecule has 0 N–H and O–H groups in total. The van der Waals surface area contributed by atoms with E-state index in [2.05, 4.69) is 25.9 Å². The highest BCUT2D eigenvalue weighted by molar-refractivity contribution is 9.10. The fourth-order valence-corrected chi connectivity index (χ4v) is 2.69. The SMILES string of the molecule is O=C(c1cncc(Br)c1)N1CC[C@@H](Oc2ccncc2)C1. The molecule has 0 aliphatic carbocycles. The summed E-state index contributed by atoms with van der Waals surface area (Å²) >= 11 is 3.33. The molecule has 1 amide bonds. The van der Waals surface area contributed by atoms with Crippen molar-refractivity contribution >= 4 is 21.8 Å². The summed E-state index contributed by atoms with van der Waals surface area (Å²) in [6.07, 6.45) is 7.49. The minimum absolute atomic E-state index is 0.00960. The molecule has 0 aromatic carbocycles. The van der Waals surface area contributed by atoms with Crippen LogP contribution < -0.4 is 4.74 Å². The summed E-state index contributed by atoms with van der Waals surface area (Å²) in [6, 6.07) is 5.43. The molecule has 1 aliphatic rings. The molecule has 1 saturated heterocycles. The second kappa shape index (κ2) is 6.22. The van der Waals surface area contributed by atoms with Crippen LogP contribution in [0.3, 0.4) is 0 Å². The zero-order valence-corrected chi connectivity index (χ0v) is 12.9. The van der Waals surface area contributed by atoms with Crippen LogP contribution in [-0.4, -0.2) is 40.0 Å². The molecule has 108 valence electrons. The molecule has 0 saturated carbocycles. The topological polar surface area (TPSA) is 55.3 Å². The van der Waals surface area contributed by atoms with Gasteiger partial charge in [-0.2, -0.15) is 0 Å². The quantitative estimate of drug-likeness (QED) is 0.855. The molecular formula is C15H14BrN3O2. The number of carbonyl (C=O) groups excluding carboxylic acids is 1. The van der Waals surface area contributed by atoms with Crippen LogP contribution in [0.2, 0.25) is 0 Å². The van der Waals surface area contributed by atoms with E-state index < -0.39 is 0 Å². The summed E-state index contributed by atoms with van der Waals surface area (Å²) in [7, 11) is 0. The molecule has 5 nitrogen and oxygen atoms in total. The lowest BCUT2D eigenvalue weighted by molar-refractivity contribution is 0.0772. The molecule has 1 aliphatic heterocycles. The lowest BCUT2D eigenvalue weighted by Gasteiger charge is -2.17. The third-order valence-electron chi connectivity index (χ3n) is 3.34. The number of hydrogen-bond donors (Lipinski definition) is 0. The van der Waals surface area contributed by atoms with Crippen LogP contribution in [-0.2, 0) is 0 Å². The third kappa shape index (κ3) is 3.39. The number of rotatable bonds is 3. The highest BCUT2D eigenvalue weighted by Crippen LogP contribution is 2.20. The summed E-state index contributed by atoms with van der Waals surface area (Å²) in [5.74, 6) is 0.776. The van der Waals surface area contributed by atoms with Crippen LogP contribution in [0.4, 0.5) is 0 Å². The van der Waals surface area contributed by atoms with E-state index in [1.54, 1.807) is 35.8 Å². The van der Waals surface area contributed by atoms with Crippen LogP contribution in [0.25, 0.3) is 0 Å². The molecule has 0 spiro atoms. The molecule has 0 unspecified atom stereocenters. The van der Waals surface area contributed by atoms with Gasteiger partial charge in [0.25, 0.3) is 5.91 Å². The molecule has 3 heterocycles. The molecule has 2 aromatic rings. The number of ether oxygens (including phenoxy) is 1. The molecule has 1 fully saturated rings. The second-order valence-corrected chi connectivity index (χ2v) is 5.77. The Morgan fingerprint density at radius 2 is 2.10 bits per heavy atom. The lowest BCUT2D eigenvalue weighted by atomic mass is 10.2. The van der Waals surface area contributed by atoms with Crippen LogP contribution in [0.1, 0.15) is 16.8 Å². The van der Waals surface area contributed by atoms with Crippen LogP contribution >= 0.6 is 15.9 Å². The van der Waals surface area contributed by atoms with Gasteiger partial charge in [0.05, 0.1) is 12.1 Å². The Kier molecular flexibility index (Phi) is 4.15. The van der Waals surface area contributed by atoms with E-state index in [4.69, 9.17) is 4.74 Å². The van der Waals surface area contributed by atoms with Crippen molar-refractivity contribution < 1.29 is 9.53 Å². The Hall–Kier alpha value is -1.95. The minimum atomic E-state index is -0.00960. The van der Waals surface area contributed by atoms with E-state index in [0.29, 0.717) is 18.7 Å². The molecule has 0 bridgehead atoms. The lowest BCUT2D eigenvalue weighted by Crippen LogP contribution is -2.31. The van der Waals surface area contributed by atoms with E-state index in [1.807, 2.05) is 12.1 Å². The number of carbonyl (C=O) groups is 1. The number of nitrogens with zero attached hydrogens (tertiary/aromatic N) is 3. The number of likely N-dealkylation sites (tertiary alicyclic amines) is 1. The van der Waals surface area contributed by atoms with Crippen LogP contribution in [0.15, 0.2) is 47.5 Å². The van der Waals surface area contributed by atoms with Gasteiger partial charge in [-0.3, -0.25) is 14.8 Å². The number of aromatic nitrogens is 2. The van der Waals surface area contributed by atoms with Gasteiger partial charge in [-0.25, -0.2) is 0 Å². The monoisotopic (exact) mass is 347 g/mol. The number of pyridine rings is 2. The number of hydrogen-bond acceptors (Lipinski definition) is 4. The van der Waals surface area contributed by atoms with Gasteiger partial charge in [0.2, 0.25) is 0 Å². The van der Waals surface area contributed by atoms with Gasteiger partial charge in [-0.15, -0.1) is 0 Å². The molecular weight excluding hydrogens is 334 g/mol. The Bertz CT molecular complexity index is 636. The Balaban J connectivity index is 1.63. The smallest absolute Gasteiger partial charge is 0.255 e. The number of amides is 1. The molecule has 3 rings (SSSR count). The summed E-state index contributed by atoms with van der Waals surface area (Å²) in [6.45, 7) is 1.29. The third-order valence-corrected chi connectivity index (χ3v) is 3.77. The predicted molar refractivity (Wildman–Crippen MR) is 81.1 cm³/mol. The van der Waals surface area contributed by atoms with Gasteiger partial charge in [0.1, 0.15) is 11.9 Å². The van der Waals surface area contributed by atoms with Crippen LogP contribution in [0, 0.1) is 0 Å². The van der Waals surface area contributed by atoms with E-state index >= 15 is 0 Å². The Morgan fingerprint density at radius 3 is 2.86 bits per heavy atom. The fourth-order valence-electron chi connectivity index (χ4n) is 2.33. The van der Waals surface area contributed by atoms with Crippen molar-refractivity contribution in [3.63, 3.8) is 0 Å². The van der Waals surface area contributed by atoms with Gasteiger partial charge < -0.3 is 9.64 Å². The second-order valence-electron chi connectivity index (χ2n) is 4.85. The molecule has 6 heteroatoms. The predicted octanol–water partition coefficient (Wildman–Crippen LogP) is 2.53. The average molecular weight is 348 g/mol. The van der Waals surface area contributed by atoms with Gasteiger partial charge in [0.15, 0.2) is 0 Å². The minimum Gasteiger partial charge on any atom is -0.488 e. The maximum absolute atomic E-state index is 12.4. The Labute approximate surface area is 131 Å². The Morgan fingerprint density at radius 1 is 1.29 bits per heavy atom. The summed E-state index contributed by atoms with van der Waals surface area (Å²) < 4.78 is 6.66. The van der Waals surface area contributed by atoms with Crippen molar-refractivity contribution in [3.8, 4) is 5.75 Å². The van der Waals surface area contributed by atoms with Crippen LogP contribution in [0.5, 0.6) is 5.75 Å². The average Bonchev–Trinajstić information content (AvgIpc) is 2.96. The summed E-state index contributed by atoms with van der Waals surface area (Å²) in [4.78, 5) is 22.2. The van der Waals surface area contributed by atoms with Crippen molar-refractivity contribution in [1.82, 2.24) is 14.9 Å². The van der Waals surface area contributed by atoms with Gasteiger partial charge in [-0.1, -0.05) is 0 Å². The first-order valence-electron chi connectivity index (χ1n) is 6.69. The van der Waals surface area contributed by atoms with E-state index in [1.165, 1.54) is 0 Å². The largest absolute Gasteiger partial charge is 0.488 e. The highest BCUT2D eigenvalue weighted by Gasteiger charge is 2.28. The number of halogens is 1. The summed E-state index contributed by atoms with van der Waals surface area (Å²) in [5, 5.41) is 0. The van der Waals surface area contributed by atoms with Gasteiger partial charge >= 0.3 is 0 Å². The normalized spacial score (nSPS) is 17.8. The van der Waals surface area contributed by atoms with Gasteiger partial charge in [-0.05, 0) is 34.1 Å². The molecule has 0 radical (unpaired) electrons. The highest BCUT2D eigenvalue weighted by atomic mass is 79.9. The van der Waals surface area contributed by atoms with E-state index in [0.717, 1.165) is 16.6 Å². The first-order valence-corrected chi connectivity index (χ1v) is 7.48. The fraction of sp³-hybridized carbons (Fsp3) is 0.267. The van der Waals surface area contributed by atoms with Crippen molar-refractivity contribution in [2.45, 2.75) is 12.5 Å². The summed E-state index contributed by atoms with van der Waals surface area (Å²) in [5.41, 5.74) is 0.592. The molecule has 1 atom stereocenters. The first-order chi connectivity index (χ1) is 10.2. The van der Waals surface area contributed by atoms with E-state index in [9.17, 15) is 4.79 Å². The zero-order valence-electron chi connectivity index (χ0n) is 11.3. The van der Waals surface area contributed by atoms with Crippen molar-refractivity contribution in [2.75, 3.05) is 13.1 Å². The molecule has 21 heavy (non-hydrogen) atoms. The van der Waals surface area contributed by atoms with Crippen molar-refractivity contribution in [3.05, 3.63) is 53.0 Å². The van der Waals surface area contributed by atoms with E-state index in [-0.39, 0.29) is 12.0 Å². The zero-order chi connectivity index (χ0) is 14.7. The van der Waals surface area contributed by atoms with Crippen molar-refractivity contribution in [2.24, 2.45) is 0 Å². The van der Waals surface area contributed by atoms with Crippen molar-refractivity contribution in [1.29, 1.82) is 0 Å². The van der Waals surface area contributed by atoms with Gasteiger partial charge in [0, 0.05) is 42.2 Å². The maximum Gasteiger partial charge on any atom is 0.255 e. The molecule has 2 aromatic heterocycles. The maximum atomic E-state index is 12.4. The first kappa shape index (κ1) is 14.0. The standard InChI is InChI=1S/C15H14BrN3O2/c16-12-7-11(8-18-9-12)15(20)19-6-3-14(10-19)21-13-1-4-17-5-2-13/h1-2,4-5,7-9,14H,3,6,10H2/t14-/m1/s1.